The SMILES string of the molecule is CN(c1ccc(C#N)c(Br)c1F)C1CCCC1. The molecule has 1 aromatic carbocycles. The van der Waals surface area contributed by atoms with Crippen LogP contribution < -0.4 is 4.90 Å². The van der Waals surface area contributed by atoms with Gasteiger partial charge in [0.1, 0.15) is 6.07 Å². The van der Waals surface area contributed by atoms with Crippen LogP contribution in [0.15, 0.2) is 16.6 Å². The molecular weight excluding hydrogens is 283 g/mol. The van der Waals surface area contributed by atoms with E-state index in [0.717, 1.165) is 12.8 Å². The summed E-state index contributed by atoms with van der Waals surface area (Å²) in [6.45, 7) is 0. The van der Waals surface area contributed by atoms with Crippen molar-refractivity contribution >= 4 is 21.6 Å². The van der Waals surface area contributed by atoms with E-state index in [9.17, 15) is 4.39 Å². The fraction of sp³-hybridized carbons (Fsp3) is 0.462. The van der Waals surface area contributed by atoms with Gasteiger partial charge < -0.3 is 4.90 Å². The number of hydrogen-bond acceptors (Lipinski definition) is 2. The second kappa shape index (κ2) is 5.05. The van der Waals surface area contributed by atoms with Crippen molar-refractivity contribution in [1.29, 1.82) is 5.26 Å². The molecule has 1 saturated carbocycles. The molecule has 0 saturated heterocycles. The second-order valence-electron chi connectivity index (χ2n) is 4.42. The predicted molar refractivity (Wildman–Crippen MR) is 69.5 cm³/mol. The Hall–Kier alpha value is -1.08. The van der Waals surface area contributed by atoms with Crippen LogP contribution in [0.2, 0.25) is 0 Å². The van der Waals surface area contributed by atoms with Gasteiger partial charge in [-0.15, -0.1) is 0 Å². The number of anilines is 1. The Morgan fingerprint density at radius 3 is 2.65 bits per heavy atom. The second-order valence-corrected chi connectivity index (χ2v) is 5.21. The van der Waals surface area contributed by atoms with Crippen molar-refractivity contribution in [1.82, 2.24) is 0 Å². The van der Waals surface area contributed by atoms with Gasteiger partial charge in [-0.3, -0.25) is 0 Å². The maximum Gasteiger partial charge on any atom is 0.161 e. The molecule has 0 spiro atoms. The first-order valence-electron chi connectivity index (χ1n) is 5.76. The van der Waals surface area contributed by atoms with Crippen molar-refractivity contribution < 1.29 is 4.39 Å². The summed E-state index contributed by atoms with van der Waals surface area (Å²) in [6.07, 6.45) is 4.67. The summed E-state index contributed by atoms with van der Waals surface area (Å²) in [4.78, 5) is 1.99. The van der Waals surface area contributed by atoms with Gasteiger partial charge in [-0.1, -0.05) is 12.8 Å². The van der Waals surface area contributed by atoms with Crippen LogP contribution >= 0.6 is 15.9 Å². The van der Waals surface area contributed by atoms with Crippen LogP contribution in [0.4, 0.5) is 10.1 Å². The lowest BCUT2D eigenvalue weighted by Crippen LogP contribution is -2.29. The van der Waals surface area contributed by atoms with Crippen molar-refractivity contribution in [3.05, 3.63) is 28.0 Å². The van der Waals surface area contributed by atoms with Gasteiger partial charge in [-0.25, -0.2) is 4.39 Å². The lowest BCUT2D eigenvalue weighted by molar-refractivity contribution is 0.590. The summed E-state index contributed by atoms with van der Waals surface area (Å²) in [6, 6.07) is 5.74. The van der Waals surface area contributed by atoms with E-state index in [2.05, 4.69) is 15.9 Å². The van der Waals surface area contributed by atoms with Crippen LogP contribution in [0, 0.1) is 17.1 Å². The van der Waals surface area contributed by atoms with Gasteiger partial charge in [-0.05, 0) is 40.9 Å². The van der Waals surface area contributed by atoms with Crippen LogP contribution in [0.25, 0.3) is 0 Å². The minimum absolute atomic E-state index is 0.266. The van der Waals surface area contributed by atoms with Gasteiger partial charge in [0.05, 0.1) is 15.7 Å². The molecule has 1 aromatic rings. The fourth-order valence-corrected chi connectivity index (χ4v) is 2.81. The summed E-state index contributed by atoms with van der Waals surface area (Å²) in [7, 11) is 1.92. The number of rotatable bonds is 2. The van der Waals surface area contributed by atoms with Crippen molar-refractivity contribution in [3.8, 4) is 6.07 Å². The van der Waals surface area contributed by atoms with E-state index in [1.54, 1.807) is 12.1 Å². The molecule has 0 aliphatic heterocycles. The summed E-state index contributed by atoms with van der Waals surface area (Å²) in [5.41, 5.74) is 0.911. The molecule has 0 radical (unpaired) electrons. The zero-order chi connectivity index (χ0) is 12.4. The van der Waals surface area contributed by atoms with Crippen LogP contribution in [-0.4, -0.2) is 13.1 Å². The van der Waals surface area contributed by atoms with Crippen LogP contribution in [0.3, 0.4) is 0 Å². The third-order valence-electron chi connectivity index (χ3n) is 3.43. The molecule has 0 N–H and O–H groups in total. The average molecular weight is 297 g/mol. The van der Waals surface area contributed by atoms with Crippen LogP contribution in [0.1, 0.15) is 31.2 Å². The highest BCUT2D eigenvalue weighted by molar-refractivity contribution is 9.10. The smallest absolute Gasteiger partial charge is 0.161 e. The predicted octanol–water partition coefficient (Wildman–Crippen LogP) is 3.84. The average Bonchev–Trinajstić information content (AvgIpc) is 2.85. The van der Waals surface area contributed by atoms with E-state index in [0.29, 0.717) is 17.3 Å². The molecule has 1 fully saturated rings. The Balaban J connectivity index is 2.33. The molecule has 2 nitrogen and oxygen atoms in total. The number of halogens is 2. The zero-order valence-corrected chi connectivity index (χ0v) is 11.3. The Morgan fingerprint density at radius 2 is 2.06 bits per heavy atom. The molecule has 0 unspecified atom stereocenters. The molecular formula is C13H14BrFN2. The Morgan fingerprint density at radius 1 is 1.41 bits per heavy atom. The van der Waals surface area contributed by atoms with Gasteiger partial charge in [-0.2, -0.15) is 5.26 Å². The van der Waals surface area contributed by atoms with E-state index < -0.39 is 0 Å². The third-order valence-corrected chi connectivity index (χ3v) is 4.21. The van der Waals surface area contributed by atoms with Crippen molar-refractivity contribution in [2.24, 2.45) is 0 Å². The number of nitrogens with zero attached hydrogens (tertiary/aromatic N) is 2. The highest BCUT2D eigenvalue weighted by Crippen LogP contribution is 2.32. The highest BCUT2D eigenvalue weighted by atomic mass is 79.9. The molecule has 0 aromatic heterocycles. The number of nitriles is 1. The molecule has 1 aliphatic rings. The Labute approximate surface area is 109 Å². The molecule has 1 aliphatic carbocycles. The standard InChI is InChI=1S/C13H14BrFN2/c1-17(10-4-2-3-5-10)11-7-6-9(8-16)12(14)13(11)15/h6-7,10H,2-5H2,1H3. The van der Waals surface area contributed by atoms with Gasteiger partial charge in [0.2, 0.25) is 0 Å². The molecule has 0 heterocycles. The van der Waals surface area contributed by atoms with E-state index >= 15 is 0 Å². The maximum atomic E-state index is 14.1. The Kier molecular flexibility index (Phi) is 3.68. The van der Waals surface area contributed by atoms with Crippen LogP contribution in [0.5, 0.6) is 0 Å². The van der Waals surface area contributed by atoms with Crippen molar-refractivity contribution in [2.45, 2.75) is 31.7 Å². The summed E-state index contributed by atoms with van der Waals surface area (Å²) >= 11 is 3.14. The lowest BCUT2D eigenvalue weighted by Gasteiger charge is -2.27. The largest absolute Gasteiger partial charge is 0.369 e. The number of hydrogen-bond donors (Lipinski definition) is 0. The van der Waals surface area contributed by atoms with E-state index in [-0.39, 0.29) is 10.3 Å². The zero-order valence-electron chi connectivity index (χ0n) is 9.71. The highest BCUT2D eigenvalue weighted by Gasteiger charge is 2.23. The first-order chi connectivity index (χ1) is 8.15. The van der Waals surface area contributed by atoms with Gasteiger partial charge >= 0.3 is 0 Å². The van der Waals surface area contributed by atoms with Crippen molar-refractivity contribution in [3.63, 3.8) is 0 Å². The van der Waals surface area contributed by atoms with Gasteiger partial charge in [0.15, 0.2) is 5.82 Å². The van der Waals surface area contributed by atoms with Crippen LogP contribution in [-0.2, 0) is 0 Å². The molecule has 0 bridgehead atoms. The molecule has 0 amide bonds. The fourth-order valence-electron chi connectivity index (χ4n) is 2.39. The number of benzene rings is 1. The Bertz CT molecular complexity index is 461. The maximum absolute atomic E-state index is 14.1. The molecule has 17 heavy (non-hydrogen) atoms. The minimum Gasteiger partial charge on any atom is -0.369 e. The topological polar surface area (TPSA) is 27.0 Å². The summed E-state index contributed by atoms with van der Waals surface area (Å²) in [5, 5.41) is 8.82. The van der Waals surface area contributed by atoms with E-state index in [4.69, 9.17) is 5.26 Å². The molecule has 0 atom stereocenters. The molecule has 4 heteroatoms. The van der Waals surface area contributed by atoms with Crippen molar-refractivity contribution in [2.75, 3.05) is 11.9 Å². The quantitative estimate of drug-likeness (QED) is 0.829. The first kappa shape index (κ1) is 12.4. The molecule has 2 rings (SSSR count). The summed E-state index contributed by atoms with van der Waals surface area (Å²) in [5.74, 6) is -0.335. The normalized spacial score (nSPS) is 15.9. The summed E-state index contributed by atoms with van der Waals surface area (Å²) < 4.78 is 14.4. The van der Waals surface area contributed by atoms with E-state index in [1.165, 1.54) is 12.8 Å². The van der Waals surface area contributed by atoms with Gasteiger partial charge in [0, 0.05) is 13.1 Å². The lowest BCUT2D eigenvalue weighted by atomic mass is 10.1. The minimum atomic E-state index is -0.335. The van der Waals surface area contributed by atoms with E-state index in [1.807, 2.05) is 18.0 Å². The monoisotopic (exact) mass is 296 g/mol. The third kappa shape index (κ3) is 2.30. The first-order valence-corrected chi connectivity index (χ1v) is 6.55. The molecule has 90 valence electrons. The van der Waals surface area contributed by atoms with Gasteiger partial charge in [0.25, 0.3) is 0 Å².